The van der Waals surface area contributed by atoms with Crippen molar-refractivity contribution >= 4 is 5.97 Å². The molecule has 1 fully saturated rings. The molecule has 0 aromatic carbocycles. The molecule has 118 valence electrons. The topological polar surface area (TPSA) is 63.2 Å². The number of hydrogen-bond donors (Lipinski definition) is 0. The molecule has 4 atom stereocenters. The van der Waals surface area contributed by atoms with Gasteiger partial charge < -0.3 is 23.7 Å². The lowest BCUT2D eigenvalue weighted by Crippen LogP contribution is -2.59. The van der Waals surface area contributed by atoms with Crippen LogP contribution in [-0.4, -0.2) is 63.4 Å². The van der Waals surface area contributed by atoms with Crippen LogP contribution in [0.15, 0.2) is 0 Å². The van der Waals surface area contributed by atoms with Gasteiger partial charge in [0.1, 0.15) is 12.2 Å². The minimum absolute atomic E-state index is 0.301. The SMILES string of the molecule is CCOCC1OC(=O)C(OCC)C(OCC)[C@@H]1OCC. The van der Waals surface area contributed by atoms with Gasteiger partial charge in [-0.15, -0.1) is 0 Å². The van der Waals surface area contributed by atoms with Crippen LogP contribution in [0.2, 0.25) is 0 Å². The molecule has 0 spiro atoms. The highest BCUT2D eigenvalue weighted by Gasteiger charge is 2.48. The molecule has 0 saturated carbocycles. The van der Waals surface area contributed by atoms with E-state index >= 15 is 0 Å². The van der Waals surface area contributed by atoms with Crippen LogP contribution >= 0.6 is 0 Å². The molecule has 0 bridgehead atoms. The quantitative estimate of drug-likeness (QED) is 0.594. The Balaban J connectivity index is 2.86. The van der Waals surface area contributed by atoms with Crippen LogP contribution in [0.1, 0.15) is 27.7 Å². The smallest absolute Gasteiger partial charge is 0.338 e. The van der Waals surface area contributed by atoms with Crippen molar-refractivity contribution in [1.82, 2.24) is 0 Å². The maximum Gasteiger partial charge on any atom is 0.338 e. The first-order valence-corrected chi connectivity index (χ1v) is 7.32. The van der Waals surface area contributed by atoms with Crippen LogP contribution in [0.25, 0.3) is 0 Å². The fourth-order valence-electron chi connectivity index (χ4n) is 2.28. The molecular formula is C14H26O6. The summed E-state index contributed by atoms with van der Waals surface area (Å²) in [6.45, 7) is 9.76. The monoisotopic (exact) mass is 290 g/mol. The Morgan fingerprint density at radius 2 is 1.50 bits per heavy atom. The first-order chi connectivity index (χ1) is 9.69. The number of hydrogen-bond acceptors (Lipinski definition) is 6. The molecule has 3 unspecified atom stereocenters. The molecule has 1 heterocycles. The van der Waals surface area contributed by atoms with Gasteiger partial charge in [0, 0.05) is 26.4 Å². The summed E-state index contributed by atoms with van der Waals surface area (Å²) in [7, 11) is 0. The van der Waals surface area contributed by atoms with Gasteiger partial charge in [-0.05, 0) is 27.7 Å². The summed E-state index contributed by atoms with van der Waals surface area (Å²) in [5, 5.41) is 0. The van der Waals surface area contributed by atoms with Gasteiger partial charge in [0.15, 0.2) is 12.2 Å². The highest BCUT2D eigenvalue weighted by atomic mass is 16.6. The van der Waals surface area contributed by atoms with Crippen molar-refractivity contribution in [3.63, 3.8) is 0 Å². The van der Waals surface area contributed by atoms with E-state index in [-0.39, 0.29) is 6.10 Å². The molecule has 1 aliphatic heterocycles. The van der Waals surface area contributed by atoms with E-state index in [1.165, 1.54) is 0 Å². The van der Waals surface area contributed by atoms with E-state index in [0.717, 1.165) is 0 Å². The summed E-state index contributed by atoms with van der Waals surface area (Å²) < 4.78 is 27.6. The molecule has 0 aromatic rings. The summed E-state index contributed by atoms with van der Waals surface area (Å²) >= 11 is 0. The lowest BCUT2D eigenvalue weighted by molar-refractivity contribution is -0.231. The zero-order valence-electron chi connectivity index (χ0n) is 12.8. The molecule has 1 rings (SSSR count). The van der Waals surface area contributed by atoms with Crippen molar-refractivity contribution in [3.05, 3.63) is 0 Å². The molecule has 0 aliphatic carbocycles. The van der Waals surface area contributed by atoms with Gasteiger partial charge in [0.2, 0.25) is 0 Å². The Morgan fingerprint density at radius 1 is 0.900 bits per heavy atom. The first kappa shape index (κ1) is 17.4. The van der Waals surface area contributed by atoms with Crippen molar-refractivity contribution in [2.24, 2.45) is 0 Å². The number of carbonyl (C=O) groups excluding carboxylic acids is 1. The number of cyclic esters (lactones) is 1. The highest BCUT2D eigenvalue weighted by molar-refractivity contribution is 5.77. The van der Waals surface area contributed by atoms with Gasteiger partial charge in [-0.2, -0.15) is 0 Å². The van der Waals surface area contributed by atoms with E-state index < -0.39 is 24.3 Å². The van der Waals surface area contributed by atoms with Crippen LogP contribution in [0.3, 0.4) is 0 Å². The predicted molar refractivity (Wildman–Crippen MR) is 72.6 cm³/mol. The second-order valence-electron chi connectivity index (χ2n) is 4.35. The predicted octanol–water partition coefficient (Wildman–Crippen LogP) is 1.16. The van der Waals surface area contributed by atoms with Crippen LogP contribution < -0.4 is 0 Å². The minimum Gasteiger partial charge on any atom is -0.455 e. The van der Waals surface area contributed by atoms with E-state index in [1.807, 2.05) is 27.7 Å². The number of carbonyl (C=O) groups is 1. The third-order valence-corrected chi connectivity index (χ3v) is 3.04. The normalized spacial score (nSPS) is 30.3. The maximum atomic E-state index is 12.1. The number of esters is 1. The molecule has 1 saturated heterocycles. The van der Waals surface area contributed by atoms with Gasteiger partial charge in [0.05, 0.1) is 6.61 Å². The third-order valence-electron chi connectivity index (χ3n) is 3.04. The number of rotatable bonds is 9. The third kappa shape index (κ3) is 4.41. The molecule has 0 amide bonds. The highest BCUT2D eigenvalue weighted by Crippen LogP contribution is 2.25. The van der Waals surface area contributed by atoms with E-state index in [0.29, 0.717) is 33.0 Å². The van der Waals surface area contributed by atoms with Gasteiger partial charge in [0.25, 0.3) is 0 Å². The molecule has 6 heteroatoms. The van der Waals surface area contributed by atoms with E-state index in [4.69, 9.17) is 23.7 Å². The van der Waals surface area contributed by atoms with Crippen molar-refractivity contribution < 1.29 is 28.5 Å². The van der Waals surface area contributed by atoms with Gasteiger partial charge >= 0.3 is 5.97 Å². The minimum atomic E-state index is -0.741. The Hall–Kier alpha value is -0.690. The summed E-state index contributed by atoms with van der Waals surface area (Å²) in [4.78, 5) is 12.1. The molecule has 0 aromatic heterocycles. The average molecular weight is 290 g/mol. The first-order valence-electron chi connectivity index (χ1n) is 7.32. The van der Waals surface area contributed by atoms with Gasteiger partial charge in [-0.1, -0.05) is 0 Å². The summed E-state index contributed by atoms with van der Waals surface area (Å²) in [6.07, 6.45) is -2.04. The molecule has 6 nitrogen and oxygen atoms in total. The summed E-state index contributed by atoms with van der Waals surface area (Å²) in [5.74, 6) is -0.411. The lowest BCUT2D eigenvalue weighted by Gasteiger charge is -2.40. The van der Waals surface area contributed by atoms with Crippen LogP contribution in [0, 0.1) is 0 Å². The van der Waals surface area contributed by atoms with Gasteiger partial charge in [-0.3, -0.25) is 0 Å². The number of ether oxygens (including phenoxy) is 5. The van der Waals surface area contributed by atoms with E-state index in [2.05, 4.69) is 0 Å². The van der Waals surface area contributed by atoms with E-state index in [9.17, 15) is 4.79 Å². The standard InChI is InChI=1S/C14H26O6/c1-5-16-9-10-11(17-6-2)12(18-7-3)13(19-8-4)14(15)20-10/h10-13H,5-9H2,1-4H3/t10?,11-,12?,13?/m1/s1. The van der Waals surface area contributed by atoms with Crippen molar-refractivity contribution in [2.75, 3.05) is 33.0 Å². The van der Waals surface area contributed by atoms with E-state index in [1.54, 1.807) is 0 Å². The van der Waals surface area contributed by atoms with Crippen molar-refractivity contribution in [1.29, 1.82) is 0 Å². The zero-order valence-corrected chi connectivity index (χ0v) is 12.8. The fourth-order valence-corrected chi connectivity index (χ4v) is 2.28. The molecule has 0 N–H and O–H groups in total. The van der Waals surface area contributed by atoms with Gasteiger partial charge in [-0.25, -0.2) is 4.79 Å². The Kier molecular flexibility index (Phi) is 8.06. The molecule has 0 radical (unpaired) electrons. The summed E-state index contributed by atoms with van der Waals surface area (Å²) in [5.41, 5.74) is 0. The molecule has 20 heavy (non-hydrogen) atoms. The van der Waals surface area contributed by atoms with Crippen LogP contribution in [0.4, 0.5) is 0 Å². The summed E-state index contributed by atoms with van der Waals surface area (Å²) in [6, 6.07) is 0. The lowest BCUT2D eigenvalue weighted by atomic mass is 9.99. The second kappa shape index (κ2) is 9.28. The Labute approximate surface area is 120 Å². The van der Waals surface area contributed by atoms with Crippen molar-refractivity contribution in [3.8, 4) is 0 Å². The van der Waals surface area contributed by atoms with Crippen LogP contribution in [0.5, 0.6) is 0 Å². The zero-order chi connectivity index (χ0) is 15.0. The largest absolute Gasteiger partial charge is 0.455 e. The Bertz CT molecular complexity index is 283. The molecular weight excluding hydrogens is 264 g/mol. The molecule has 1 aliphatic rings. The van der Waals surface area contributed by atoms with Crippen LogP contribution in [-0.2, 0) is 28.5 Å². The van der Waals surface area contributed by atoms with Crippen molar-refractivity contribution in [2.45, 2.75) is 52.1 Å². The fraction of sp³-hybridized carbons (Fsp3) is 0.929. The Morgan fingerprint density at radius 3 is 2.05 bits per heavy atom. The average Bonchev–Trinajstić information content (AvgIpc) is 2.44. The maximum absolute atomic E-state index is 12.1. The second-order valence-corrected chi connectivity index (χ2v) is 4.35.